The minimum absolute atomic E-state index is 0.0194. The lowest BCUT2D eigenvalue weighted by atomic mass is 10.1. The van der Waals surface area contributed by atoms with Gasteiger partial charge in [0.25, 0.3) is 0 Å². The van der Waals surface area contributed by atoms with Gasteiger partial charge in [0.05, 0.1) is 12.6 Å². The highest BCUT2D eigenvalue weighted by Gasteiger charge is 2.23. The van der Waals surface area contributed by atoms with Gasteiger partial charge in [0.15, 0.2) is 0 Å². The third-order valence-electron chi connectivity index (χ3n) is 2.37. The Hall–Kier alpha value is -1.55. The minimum Gasteiger partial charge on any atom is -0.447 e. The number of benzene rings is 1. The van der Waals surface area contributed by atoms with E-state index in [1.807, 2.05) is 24.3 Å². The molecule has 1 atom stereocenters. The van der Waals surface area contributed by atoms with Gasteiger partial charge < -0.3 is 14.8 Å². The van der Waals surface area contributed by atoms with Gasteiger partial charge in [-0.05, 0) is 11.1 Å². The summed E-state index contributed by atoms with van der Waals surface area (Å²) in [5.74, 6) is 0. The Labute approximate surface area is 88.2 Å². The minimum atomic E-state index is -0.346. The topological polar surface area (TPSA) is 47.6 Å². The van der Waals surface area contributed by atoms with Crippen LogP contribution in [0.4, 0.5) is 4.79 Å². The summed E-state index contributed by atoms with van der Waals surface area (Å²) in [6.07, 6.45) is -0.346. The second kappa shape index (κ2) is 4.31. The fourth-order valence-electron chi connectivity index (χ4n) is 1.58. The summed E-state index contributed by atoms with van der Waals surface area (Å²) in [6.45, 7) is 1.01. The first-order valence-corrected chi connectivity index (χ1v) is 4.80. The summed E-state index contributed by atoms with van der Waals surface area (Å²) in [7, 11) is 1.67. The number of nitrogens with one attached hydrogen (secondary N) is 1. The summed E-state index contributed by atoms with van der Waals surface area (Å²) in [5, 5.41) is 2.73. The monoisotopic (exact) mass is 207 g/mol. The molecule has 1 amide bonds. The molecule has 80 valence electrons. The van der Waals surface area contributed by atoms with Crippen molar-refractivity contribution in [3.05, 3.63) is 35.4 Å². The molecule has 0 saturated carbocycles. The molecule has 1 aliphatic rings. The van der Waals surface area contributed by atoms with E-state index >= 15 is 0 Å². The molecule has 2 rings (SSSR count). The van der Waals surface area contributed by atoms with Crippen LogP contribution in [-0.2, 0) is 16.1 Å². The van der Waals surface area contributed by atoms with Crippen molar-refractivity contribution in [3.63, 3.8) is 0 Å². The Morgan fingerprint density at radius 1 is 1.47 bits per heavy atom. The third kappa shape index (κ3) is 2.27. The van der Waals surface area contributed by atoms with Crippen LogP contribution in [0.5, 0.6) is 0 Å². The molecular formula is C11H13NO3. The van der Waals surface area contributed by atoms with Gasteiger partial charge in [-0.3, -0.25) is 0 Å². The predicted octanol–water partition coefficient (Wildman–Crippen LogP) is 1.61. The van der Waals surface area contributed by atoms with E-state index in [0.717, 1.165) is 11.1 Å². The lowest BCUT2D eigenvalue weighted by molar-refractivity contribution is 0.177. The third-order valence-corrected chi connectivity index (χ3v) is 2.37. The first-order valence-electron chi connectivity index (χ1n) is 4.80. The van der Waals surface area contributed by atoms with Crippen molar-refractivity contribution >= 4 is 6.09 Å². The quantitative estimate of drug-likeness (QED) is 0.819. The zero-order chi connectivity index (χ0) is 10.7. The zero-order valence-electron chi connectivity index (χ0n) is 8.53. The van der Waals surface area contributed by atoms with Crippen molar-refractivity contribution in [2.45, 2.75) is 12.6 Å². The summed E-state index contributed by atoms with van der Waals surface area (Å²) in [6, 6.07) is 7.92. The van der Waals surface area contributed by atoms with Gasteiger partial charge in [-0.2, -0.15) is 0 Å². The highest BCUT2D eigenvalue weighted by Crippen LogP contribution is 2.18. The van der Waals surface area contributed by atoms with Crippen LogP contribution in [0.1, 0.15) is 17.2 Å². The second-order valence-electron chi connectivity index (χ2n) is 3.47. The molecule has 0 radical (unpaired) electrons. The van der Waals surface area contributed by atoms with Crippen LogP contribution in [0.15, 0.2) is 24.3 Å². The van der Waals surface area contributed by atoms with E-state index < -0.39 is 0 Å². The van der Waals surface area contributed by atoms with Crippen LogP contribution < -0.4 is 5.32 Å². The maximum atomic E-state index is 10.8. The van der Waals surface area contributed by atoms with E-state index in [1.54, 1.807) is 7.11 Å². The average molecular weight is 207 g/mol. The van der Waals surface area contributed by atoms with E-state index in [0.29, 0.717) is 13.2 Å². The van der Waals surface area contributed by atoms with E-state index in [1.165, 1.54) is 0 Å². The molecular weight excluding hydrogens is 194 g/mol. The molecule has 4 heteroatoms. The van der Waals surface area contributed by atoms with Crippen molar-refractivity contribution in [3.8, 4) is 0 Å². The number of carbonyl (C=O) groups is 1. The fraction of sp³-hybridized carbons (Fsp3) is 0.364. The number of ether oxygens (including phenoxy) is 2. The Morgan fingerprint density at radius 2 is 2.20 bits per heavy atom. The molecule has 1 aliphatic heterocycles. The van der Waals surface area contributed by atoms with Gasteiger partial charge in [0, 0.05) is 7.11 Å². The van der Waals surface area contributed by atoms with Crippen LogP contribution in [0.25, 0.3) is 0 Å². The number of methoxy groups -OCH3 is 1. The summed E-state index contributed by atoms with van der Waals surface area (Å²) in [4.78, 5) is 10.8. The van der Waals surface area contributed by atoms with Gasteiger partial charge in [0.2, 0.25) is 0 Å². The average Bonchev–Trinajstić information content (AvgIpc) is 2.67. The van der Waals surface area contributed by atoms with E-state index in [-0.39, 0.29) is 12.1 Å². The molecule has 0 aromatic heterocycles. The Bertz CT molecular complexity index is 347. The molecule has 15 heavy (non-hydrogen) atoms. The molecule has 1 aromatic carbocycles. The van der Waals surface area contributed by atoms with E-state index in [2.05, 4.69) is 5.32 Å². The van der Waals surface area contributed by atoms with Gasteiger partial charge in [-0.15, -0.1) is 0 Å². The molecule has 4 nitrogen and oxygen atoms in total. The lowest BCUT2D eigenvalue weighted by Crippen LogP contribution is -2.18. The van der Waals surface area contributed by atoms with E-state index in [9.17, 15) is 4.79 Å². The van der Waals surface area contributed by atoms with Crippen LogP contribution in [0, 0.1) is 0 Å². The van der Waals surface area contributed by atoms with Crippen molar-refractivity contribution < 1.29 is 14.3 Å². The Kier molecular flexibility index (Phi) is 2.87. The lowest BCUT2D eigenvalue weighted by Gasteiger charge is -2.08. The maximum absolute atomic E-state index is 10.8. The number of hydrogen-bond acceptors (Lipinski definition) is 3. The number of alkyl carbamates (subject to hydrolysis) is 1. The number of amides is 1. The van der Waals surface area contributed by atoms with E-state index in [4.69, 9.17) is 9.47 Å². The SMILES string of the molecule is COCc1ccc(C2COC(=O)N2)cc1. The van der Waals surface area contributed by atoms with Gasteiger partial charge in [-0.1, -0.05) is 24.3 Å². The van der Waals surface area contributed by atoms with Gasteiger partial charge in [-0.25, -0.2) is 4.79 Å². The summed E-state index contributed by atoms with van der Waals surface area (Å²) in [5.41, 5.74) is 2.17. The Balaban J connectivity index is 2.06. The number of rotatable bonds is 3. The first kappa shape index (κ1) is 9.98. The molecule has 0 spiro atoms. The molecule has 1 saturated heterocycles. The number of cyclic esters (lactones) is 1. The molecule has 1 N–H and O–H groups in total. The maximum Gasteiger partial charge on any atom is 0.407 e. The van der Waals surface area contributed by atoms with Crippen molar-refractivity contribution in [1.29, 1.82) is 0 Å². The molecule has 1 fully saturated rings. The van der Waals surface area contributed by atoms with Crippen LogP contribution >= 0.6 is 0 Å². The summed E-state index contributed by atoms with van der Waals surface area (Å²) >= 11 is 0. The van der Waals surface area contributed by atoms with Gasteiger partial charge >= 0.3 is 6.09 Å². The number of carbonyl (C=O) groups excluding carboxylic acids is 1. The molecule has 0 bridgehead atoms. The molecule has 1 unspecified atom stereocenters. The predicted molar refractivity (Wildman–Crippen MR) is 54.4 cm³/mol. The largest absolute Gasteiger partial charge is 0.447 e. The fourth-order valence-corrected chi connectivity index (χ4v) is 1.58. The summed E-state index contributed by atoms with van der Waals surface area (Å²) < 4.78 is 9.84. The molecule has 1 heterocycles. The van der Waals surface area contributed by atoms with Crippen LogP contribution in [0.2, 0.25) is 0 Å². The first-order chi connectivity index (χ1) is 7.29. The molecule has 0 aliphatic carbocycles. The van der Waals surface area contributed by atoms with Crippen molar-refractivity contribution in [2.24, 2.45) is 0 Å². The van der Waals surface area contributed by atoms with Crippen molar-refractivity contribution in [2.75, 3.05) is 13.7 Å². The second-order valence-corrected chi connectivity index (χ2v) is 3.47. The Morgan fingerprint density at radius 3 is 2.73 bits per heavy atom. The highest BCUT2D eigenvalue weighted by atomic mass is 16.6. The zero-order valence-corrected chi connectivity index (χ0v) is 8.53. The van der Waals surface area contributed by atoms with Crippen LogP contribution in [0.3, 0.4) is 0 Å². The van der Waals surface area contributed by atoms with Crippen molar-refractivity contribution in [1.82, 2.24) is 5.32 Å². The van der Waals surface area contributed by atoms with Gasteiger partial charge in [0.1, 0.15) is 6.61 Å². The number of hydrogen-bond donors (Lipinski definition) is 1. The standard InChI is InChI=1S/C11H13NO3/c1-14-6-8-2-4-9(5-3-8)10-7-15-11(13)12-10/h2-5,10H,6-7H2,1H3,(H,12,13). The normalized spacial score (nSPS) is 19.8. The smallest absolute Gasteiger partial charge is 0.407 e. The highest BCUT2D eigenvalue weighted by molar-refractivity contribution is 5.70. The van der Waals surface area contributed by atoms with Crippen LogP contribution in [-0.4, -0.2) is 19.8 Å². The molecule has 1 aromatic rings.